The van der Waals surface area contributed by atoms with Crippen LogP contribution >= 0.6 is 0 Å². The number of hydrogen-bond donors (Lipinski definition) is 0. The van der Waals surface area contributed by atoms with Crippen LogP contribution in [0.3, 0.4) is 0 Å². The number of ether oxygens (including phenoxy) is 1. The fourth-order valence-corrected chi connectivity index (χ4v) is 3.66. The second-order valence-electron chi connectivity index (χ2n) is 7.31. The van der Waals surface area contributed by atoms with Gasteiger partial charge in [-0.05, 0) is 44.0 Å². The van der Waals surface area contributed by atoms with E-state index in [1.165, 1.54) is 5.56 Å². The van der Waals surface area contributed by atoms with Crippen LogP contribution in [0.2, 0.25) is 0 Å². The van der Waals surface area contributed by atoms with E-state index in [1.807, 2.05) is 37.1 Å². The summed E-state index contributed by atoms with van der Waals surface area (Å²) in [6, 6.07) is 10.2. The van der Waals surface area contributed by atoms with Crippen molar-refractivity contribution in [3.63, 3.8) is 0 Å². The normalized spacial score (nSPS) is 15.0. The number of pyridine rings is 1. The molecule has 0 bridgehead atoms. The topological polar surface area (TPSA) is 45.7 Å². The standard InChI is InChI=1S/C22H29N3O2/c1-17-14-18(2)22(19(3)15-17)27-16-21(26)25-12-10-24(11-13-25)9-7-20-6-4-5-8-23-20/h4-6,8,14-15H,7,9-13,16H2,1-3H3. The molecule has 1 saturated heterocycles. The quantitative estimate of drug-likeness (QED) is 0.788. The van der Waals surface area contributed by atoms with Gasteiger partial charge in [-0.15, -0.1) is 0 Å². The average Bonchev–Trinajstić information content (AvgIpc) is 2.66. The van der Waals surface area contributed by atoms with Gasteiger partial charge in [-0.3, -0.25) is 14.7 Å². The van der Waals surface area contributed by atoms with Crippen LogP contribution in [0, 0.1) is 20.8 Å². The molecule has 2 heterocycles. The molecular formula is C22H29N3O2. The Bertz CT molecular complexity index is 745. The molecule has 27 heavy (non-hydrogen) atoms. The van der Waals surface area contributed by atoms with Crippen LogP contribution < -0.4 is 4.74 Å². The summed E-state index contributed by atoms with van der Waals surface area (Å²) in [6.07, 6.45) is 2.79. The van der Waals surface area contributed by atoms with Crippen LogP contribution in [0.15, 0.2) is 36.5 Å². The molecule has 3 rings (SSSR count). The number of aromatic nitrogens is 1. The van der Waals surface area contributed by atoms with Gasteiger partial charge in [0, 0.05) is 51.0 Å². The highest BCUT2D eigenvalue weighted by Gasteiger charge is 2.21. The van der Waals surface area contributed by atoms with E-state index in [4.69, 9.17) is 4.74 Å². The van der Waals surface area contributed by atoms with Gasteiger partial charge in [-0.2, -0.15) is 0 Å². The Labute approximate surface area is 162 Å². The van der Waals surface area contributed by atoms with Gasteiger partial charge in [0.1, 0.15) is 5.75 Å². The largest absolute Gasteiger partial charge is 0.483 e. The summed E-state index contributed by atoms with van der Waals surface area (Å²) in [7, 11) is 0. The van der Waals surface area contributed by atoms with Crippen molar-refractivity contribution in [2.45, 2.75) is 27.2 Å². The number of carbonyl (C=O) groups is 1. The van der Waals surface area contributed by atoms with Crippen molar-refractivity contribution in [2.24, 2.45) is 0 Å². The highest BCUT2D eigenvalue weighted by Crippen LogP contribution is 2.24. The number of nitrogens with zero attached hydrogens (tertiary/aromatic N) is 3. The second-order valence-corrected chi connectivity index (χ2v) is 7.31. The molecule has 0 aliphatic carbocycles. The van der Waals surface area contributed by atoms with E-state index in [0.29, 0.717) is 0 Å². The third kappa shape index (κ3) is 5.30. The number of carbonyl (C=O) groups excluding carboxylic acids is 1. The Balaban J connectivity index is 1.43. The number of benzene rings is 1. The maximum absolute atomic E-state index is 12.5. The Morgan fingerprint density at radius 1 is 1.07 bits per heavy atom. The molecule has 1 aliphatic rings. The summed E-state index contributed by atoms with van der Waals surface area (Å²) in [5.74, 6) is 0.904. The number of piperazine rings is 1. The van der Waals surface area contributed by atoms with Crippen molar-refractivity contribution in [1.82, 2.24) is 14.8 Å². The number of aryl methyl sites for hydroxylation is 3. The molecule has 0 saturated carbocycles. The SMILES string of the molecule is Cc1cc(C)c(OCC(=O)N2CCN(CCc3ccccn3)CC2)c(C)c1. The molecule has 0 atom stereocenters. The zero-order valence-electron chi connectivity index (χ0n) is 16.6. The van der Waals surface area contributed by atoms with E-state index in [2.05, 4.69) is 35.0 Å². The molecule has 1 aromatic carbocycles. The first-order chi connectivity index (χ1) is 13.0. The molecule has 5 nitrogen and oxygen atoms in total. The summed E-state index contributed by atoms with van der Waals surface area (Å²) in [5.41, 5.74) is 4.50. The minimum absolute atomic E-state index is 0.0683. The average molecular weight is 367 g/mol. The predicted octanol–water partition coefficient (Wildman–Crippen LogP) is 2.77. The molecule has 0 spiro atoms. The third-order valence-electron chi connectivity index (χ3n) is 5.08. The van der Waals surface area contributed by atoms with Gasteiger partial charge in [0.2, 0.25) is 0 Å². The molecule has 2 aromatic rings. The number of amides is 1. The Hall–Kier alpha value is -2.40. The van der Waals surface area contributed by atoms with Gasteiger partial charge in [-0.25, -0.2) is 0 Å². The molecule has 5 heteroatoms. The maximum atomic E-state index is 12.5. The van der Waals surface area contributed by atoms with Crippen LogP contribution in [0.5, 0.6) is 5.75 Å². The molecular weight excluding hydrogens is 338 g/mol. The van der Waals surface area contributed by atoms with Crippen LogP contribution in [0.1, 0.15) is 22.4 Å². The van der Waals surface area contributed by atoms with E-state index in [0.717, 1.165) is 61.7 Å². The monoisotopic (exact) mass is 367 g/mol. The lowest BCUT2D eigenvalue weighted by atomic mass is 10.1. The summed E-state index contributed by atoms with van der Waals surface area (Å²) >= 11 is 0. The van der Waals surface area contributed by atoms with E-state index in [-0.39, 0.29) is 12.5 Å². The Morgan fingerprint density at radius 2 is 1.78 bits per heavy atom. The fourth-order valence-electron chi connectivity index (χ4n) is 3.66. The van der Waals surface area contributed by atoms with Crippen molar-refractivity contribution < 1.29 is 9.53 Å². The molecule has 0 N–H and O–H groups in total. The van der Waals surface area contributed by atoms with Gasteiger partial charge in [0.25, 0.3) is 5.91 Å². The molecule has 0 unspecified atom stereocenters. The number of hydrogen-bond acceptors (Lipinski definition) is 4. The highest BCUT2D eigenvalue weighted by molar-refractivity contribution is 5.78. The first-order valence-corrected chi connectivity index (χ1v) is 9.63. The van der Waals surface area contributed by atoms with Gasteiger partial charge in [0.05, 0.1) is 0 Å². The smallest absolute Gasteiger partial charge is 0.260 e. The van der Waals surface area contributed by atoms with Crippen LogP contribution in [-0.4, -0.2) is 60.0 Å². The predicted molar refractivity (Wildman–Crippen MR) is 107 cm³/mol. The lowest BCUT2D eigenvalue weighted by Crippen LogP contribution is -2.50. The number of rotatable bonds is 6. The van der Waals surface area contributed by atoms with Crippen molar-refractivity contribution in [1.29, 1.82) is 0 Å². The first-order valence-electron chi connectivity index (χ1n) is 9.63. The van der Waals surface area contributed by atoms with E-state index >= 15 is 0 Å². The zero-order valence-corrected chi connectivity index (χ0v) is 16.6. The van der Waals surface area contributed by atoms with Crippen molar-refractivity contribution in [2.75, 3.05) is 39.3 Å². The van der Waals surface area contributed by atoms with E-state index in [9.17, 15) is 4.79 Å². The van der Waals surface area contributed by atoms with E-state index < -0.39 is 0 Å². The van der Waals surface area contributed by atoms with Crippen molar-refractivity contribution in [3.05, 3.63) is 58.9 Å². The Morgan fingerprint density at radius 3 is 2.41 bits per heavy atom. The molecule has 1 amide bonds. The summed E-state index contributed by atoms with van der Waals surface area (Å²) in [6.45, 7) is 10.5. The summed E-state index contributed by atoms with van der Waals surface area (Å²) in [4.78, 5) is 21.2. The van der Waals surface area contributed by atoms with Gasteiger partial charge in [-0.1, -0.05) is 23.8 Å². The fraction of sp³-hybridized carbons (Fsp3) is 0.455. The highest BCUT2D eigenvalue weighted by atomic mass is 16.5. The molecule has 0 radical (unpaired) electrons. The van der Waals surface area contributed by atoms with Crippen LogP contribution in [0.4, 0.5) is 0 Å². The van der Waals surface area contributed by atoms with Gasteiger partial charge < -0.3 is 9.64 Å². The first kappa shape index (κ1) is 19.4. The molecule has 144 valence electrons. The lowest BCUT2D eigenvalue weighted by Gasteiger charge is -2.34. The minimum atomic E-state index is 0.0683. The molecule has 1 aromatic heterocycles. The van der Waals surface area contributed by atoms with Gasteiger partial charge in [0.15, 0.2) is 6.61 Å². The van der Waals surface area contributed by atoms with Crippen molar-refractivity contribution in [3.8, 4) is 5.75 Å². The summed E-state index contributed by atoms with van der Waals surface area (Å²) < 4.78 is 5.86. The van der Waals surface area contributed by atoms with Crippen LogP contribution in [-0.2, 0) is 11.2 Å². The maximum Gasteiger partial charge on any atom is 0.260 e. The minimum Gasteiger partial charge on any atom is -0.483 e. The molecule has 1 aliphatic heterocycles. The van der Waals surface area contributed by atoms with Crippen LogP contribution in [0.25, 0.3) is 0 Å². The summed E-state index contributed by atoms with van der Waals surface area (Å²) in [5, 5.41) is 0. The lowest BCUT2D eigenvalue weighted by molar-refractivity contribution is -0.135. The Kier molecular flexibility index (Phi) is 6.45. The van der Waals surface area contributed by atoms with Gasteiger partial charge >= 0.3 is 0 Å². The second kappa shape index (κ2) is 9.00. The zero-order chi connectivity index (χ0) is 19.2. The van der Waals surface area contributed by atoms with Crippen molar-refractivity contribution >= 4 is 5.91 Å². The van der Waals surface area contributed by atoms with E-state index in [1.54, 1.807) is 0 Å². The third-order valence-corrected chi connectivity index (χ3v) is 5.08. The molecule has 1 fully saturated rings.